The van der Waals surface area contributed by atoms with Crippen molar-refractivity contribution in [1.82, 2.24) is 10.3 Å². The third-order valence-electron chi connectivity index (χ3n) is 6.23. The summed E-state index contributed by atoms with van der Waals surface area (Å²) >= 11 is 1.13. The van der Waals surface area contributed by atoms with Gasteiger partial charge in [-0.15, -0.1) is 0 Å². The molecule has 1 unspecified atom stereocenters. The van der Waals surface area contributed by atoms with Crippen LogP contribution < -0.4 is 16.0 Å². The lowest BCUT2D eigenvalue weighted by Gasteiger charge is -2.38. The molecule has 0 bridgehead atoms. The van der Waals surface area contributed by atoms with Crippen LogP contribution in [0.4, 0.5) is 16.3 Å². The van der Waals surface area contributed by atoms with Gasteiger partial charge in [-0.3, -0.25) is 4.79 Å². The molecule has 34 heavy (non-hydrogen) atoms. The van der Waals surface area contributed by atoms with Crippen molar-refractivity contribution in [2.45, 2.75) is 42.1 Å². The molecule has 9 nitrogen and oxygen atoms in total. The number of rotatable bonds is 6. The fourth-order valence-corrected chi connectivity index (χ4v) is 5.47. The Kier molecular flexibility index (Phi) is 6.62. The molecule has 2 saturated heterocycles. The van der Waals surface area contributed by atoms with Crippen LogP contribution >= 0.6 is 11.8 Å². The van der Waals surface area contributed by atoms with E-state index in [0.29, 0.717) is 66.6 Å². The molecule has 1 atom stereocenters. The first kappa shape index (κ1) is 23.4. The van der Waals surface area contributed by atoms with Crippen molar-refractivity contribution in [2.24, 2.45) is 5.73 Å². The van der Waals surface area contributed by atoms with Crippen molar-refractivity contribution in [1.29, 1.82) is 5.26 Å². The minimum atomic E-state index is -0.731. The summed E-state index contributed by atoms with van der Waals surface area (Å²) in [5, 5.41) is 12.3. The van der Waals surface area contributed by atoms with Crippen LogP contribution in [0.25, 0.3) is 4.85 Å². The molecule has 0 saturated carbocycles. The highest BCUT2D eigenvalue weighted by Crippen LogP contribution is 2.43. The highest BCUT2D eigenvalue weighted by Gasteiger charge is 2.43. The van der Waals surface area contributed by atoms with Gasteiger partial charge in [0.2, 0.25) is 11.6 Å². The zero-order valence-electron chi connectivity index (χ0n) is 18.7. The molecule has 0 radical (unpaired) electrons. The minimum Gasteiger partial charge on any atom is -0.441 e. The van der Waals surface area contributed by atoms with Crippen LogP contribution in [0.2, 0.25) is 0 Å². The average molecular weight is 477 g/mol. The van der Waals surface area contributed by atoms with Gasteiger partial charge in [-0.05, 0) is 17.5 Å². The van der Waals surface area contributed by atoms with Crippen molar-refractivity contribution in [3.63, 3.8) is 0 Å². The monoisotopic (exact) mass is 476 g/mol. The van der Waals surface area contributed by atoms with Crippen LogP contribution in [0, 0.1) is 17.9 Å². The molecule has 4 rings (SSSR count). The fourth-order valence-electron chi connectivity index (χ4n) is 4.41. The molecule has 2 aliphatic heterocycles. The van der Waals surface area contributed by atoms with Gasteiger partial charge in [0, 0.05) is 25.9 Å². The first-order valence-corrected chi connectivity index (χ1v) is 11.9. The number of pyridine rings is 1. The second-order valence-corrected chi connectivity index (χ2v) is 9.34. The Morgan fingerprint density at radius 1 is 1.41 bits per heavy atom. The number of nitriles is 1. The largest absolute Gasteiger partial charge is 0.441 e. The van der Waals surface area contributed by atoms with Crippen molar-refractivity contribution < 1.29 is 14.3 Å². The number of aromatic nitrogens is 1. The average Bonchev–Trinajstić information content (AvgIpc) is 3.21. The molecule has 1 aromatic heterocycles. The van der Waals surface area contributed by atoms with E-state index >= 15 is 0 Å². The predicted octanol–water partition coefficient (Wildman–Crippen LogP) is 3.46. The van der Waals surface area contributed by atoms with Gasteiger partial charge in [0.15, 0.2) is 0 Å². The molecule has 2 aromatic rings. The molecular weight excluding hydrogens is 452 g/mol. The maximum Gasteiger partial charge on any atom is 0.407 e. The number of nitrogens with zero attached hydrogens (tertiary/aromatic N) is 4. The van der Waals surface area contributed by atoms with Crippen LogP contribution in [0.5, 0.6) is 0 Å². The molecule has 0 aliphatic carbocycles. The lowest BCUT2D eigenvalue weighted by Crippen LogP contribution is -2.47. The number of ether oxygens (including phenoxy) is 1. The number of thioether (sulfide) groups is 1. The summed E-state index contributed by atoms with van der Waals surface area (Å²) in [6.07, 6.45) is 1.26. The molecule has 3 heterocycles. The Bertz CT molecular complexity index is 1200. The van der Waals surface area contributed by atoms with Gasteiger partial charge >= 0.3 is 6.09 Å². The molecule has 1 aromatic carbocycles. The summed E-state index contributed by atoms with van der Waals surface area (Å²) in [6, 6.07) is 11.3. The van der Waals surface area contributed by atoms with Crippen molar-refractivity contribution in [3.8, 4) is 6.07 Å². The fraction of sp³-hybridized carbons (Fsp3) is 0.375. The molecule has 3 N–H and O–H groups in total. The first-order chi connectivity index (χ1) is 16.4. The number of anilines is 1. The van der Waals surface area contributed by atoms with Gasteiger partial charge in [-0.2, -0.15) is 5.26 Å². The Hall–Kier alpha value is -3.76. The van der Waals surface area contributed by atoms with E-state index in [-0.39, 0.29) is 0 Å². The quantitative estimate of drug-likeness (QED) is 0.483. The number of amides is 2. The highest BCUT2D eigenvalue weighted by molar-refractivity contribution is 8.00. The SMILES string of the molecule is [C-]#[N+]c1c(N2CCC3(CC2)CNC(=O)O3)nc(SC(C(N)=O)c2ccccc2)c(C#N)c1CC. The van der Waals surface area contributed by atoms with Gasteiger partial charge in [0.1, 0.15) is 27.8 Å². The highest BCUT2D eigenvalue weighted by atomic mass is 32.2. The lowest BCUT2D eigenvalue weighted by atomic mass is 9.91. The Morgan fingerprint density at radius 2 is 2.12 bits per heavy atom. The third kappa shape index (κ3) is 4.37. The van der Waals surface area contributed by atoms with Gasteiger partial charge in [-0.1, -0.05) is 49.0 Å². The van der Waals surface area contributed by atoms with Crippen LogP contribution in [-0.2, 0) is 16.0 Å². The van der Waals surface area contributed by atoms with Crippen LogP contribution in [0.3, 0.4) is 0 Å². The number of nitrogens with two attached hydrogens (primary N) is 1. The zero-order valence-corrected chi connectivity index (χ0v) is 19.5. The summed E-state index contributed by atoms with van der Waals surface area (Å²) in [4.78, 5) is 34.4. The molecule has 2 fully saturated rings. The number of carbonyl (C=O) groups excluding carboxylic acids is 2. The molecule has 174 valence electrons. The van der Waals surface area contributed by atoms with Gasteiger partial charge < -0.3 is 20.7 Å². The summed E-state index contributed by atoms with van der Waals surface area (Å²) < 4.78 is 5.51. The standard InChI is InChI=1S/C24H24N6O3S/c1-3-16-17(13-25)22(34-19(20(26)31)15-7-5-4-6-8-15)29-21(18(16)27-2)30-11-9-24(10-12-30)14-28-23(32)33-24/h4-8,19H,3,9-12,14H2,1H3,(H2,26,31)(H,28,32). The van der Waals surface area contributed by atoms with E-state index in [1.165, 1.54) is 0 Å². The first-order valence-electron chi connectivity index (χ1n) is 11.0. The molecule has 10 heteroatoms. The van der Waals surface area contributed by atoms with Gasteiger partial charge in [0.25, 0.3) is 0 Å². The van der Waals surface area contributed by atoms with E-state index in [0.717, 1.165) is 17.3 Å². The number of hydrogen-bond donors (Lipinski definition) is 2. The number of primary amides is 1. The molecule has 2 amide bonds. The topological polar surface area (TPSA) is 126 Å². The molecule has 1 spiro atoms. The van der Waals surface area contributed by atoms with E-state index in [1.807, 2.05) is 42.2 Å². The second kappa shape index (κ2) is 9.62. The third-order valence-corrected chi connectivity index (χ3v) is 7.49. The summed E-state index contributed by atoms with van der Waals surface area (Å²) in [7, 11) is 0. The maximum atomic E-state index is 12.3. The summed E-state index contributed by atoms with van der Waals surface area (Å²) in [6.45, 7) is 11.3. The number of benzene rings is 1. The molecular formula is C24H24N6O3S. The summed E-state index contributed by atoms with van der Waals surface area (Å²) in [5.74, 6) is -0.0528. The number of carbonyl (C=O) groups is 2. The van der Waals surface area contributed by atoms with E-state index in [1.54, 1.807) is 0 Å². The van der Waals surface area contributed by atoms with E-state index in [2.05, 4.69) is 16.2 Å². The van der Waals surface area contributed by atoms with E-state index < -0.39 is 22.9 Å². The smallest absolute Gasteiger partial charge is 0.407 e. The van der Waals surface area contributed by atoms with Gasteiger partial charge in [-0.25, -0.2) is 14.6 Å². The number of alkyl carbamates (subject to hydrolysis) is 1. The normalized spacial score (nSPS) is 17.4. The Morgan fingerprint density at radius 3 is 2.65 bits per heavy atom. The Labute approximate surface area is 202 Å². The van der Waals surface area contributed by atoms with Crippen molar-refractivity contribution >= 4 is 35.3 Å². The minimum absolute atomic E-state index is 0.298. The predicted molar refractivity (Wildman–Crippen MR) is 127 cm³/mol. The second-order valence-electron chi connectivity index (χ2n) is 8.24. The van der Waals surface area contributed by atoms with Crippen LogP contribution in [0.1, 0.15) is 41.7 Å². The van der Waals surface area contributed by atoms with Crippen molar-refractivity contribution in [3.05, 3.63) is 58.4 Å². The van der Waals surface area contributed by atoms with Crippen molar-refractivity contribution in [2.75, 3.05) is 24.5 Å². The van der Waals surface area contributed by atoms with Crippen LogP contribution in [-0.4, -0.2) is 42.2 Å². The maximum absolute atomic E-state index is 12.3. The van der Waals surface area contributed by atoms with E-state index in [4.69, 9.17) is 22.0 Å². The number of piperidine rings is 1. The van der Waals surface area contributed by atoms with Crippen LogP contribution in [0.15, 0.2) is 35.4 Å². The summed E-state index contributed by atoms with van der Waals surface area (Å²) in [5.41, 5.74) is 7.15. The zero-order chi connectivity index (χ0) is 24.3. The number of hydrogen-bond acceptors (Lipinski definition) is 7. The van der Waals surface area contributed by atoms with Gasteiger partial charge in [0.05, 0.1) is 18.7 Å². The Balaban J connectivity index is 1.72. The molecule has 2 aliphatic rings. The number of nitrogens with one attached hydrogen (secondary N) is 1. The lowest BCUT2D eigenvalue weighted by molar-refractivity contribution is -0.117. The van der Waals surface area contributed by atoms with E-state index in [9.17, 15) is 14.9 Å².